The number of hydrogen-bond donors (Lipinski definition) is 2. The van der Waals surface area contributed by atoms with E-state index in [1.165, 1.54) is 0 Å². The number of rotatable bonds is 7. The molecule has 2 unspecified atom stereocenters. The second kappa shape index (κ2) is 9.37. The molecule has 2 aromatic carbocycles. The molecule has 1 saturated heterocycles. The highest BCUT2D eigenvalue weighted by atomic mass is 16.5. The van der Waals surface area contributed by atoms with Crippen LogP contribution in [0.5, 0.6) is 5.75 Å². The van der Waals surface area contributed by atoms with Gasteiger partial charge < -0.3 is 15.4 Å². The van der Waals surface area contributed by atoms with Gasteiger partial charge in [-0.2, -0.15) is 0 Å². The number of anilines is 1. The number of likely N-dealkylation sites (tertiary alicyclic amines) is 1. The quantitative estimate of drug-likeness (QED) is 0.774. The molecule has 1 aliphatic heterocycles. The molecule has 2 amide bonds. The lowest BCUT2D eigenvalue weighted by atomic mass is 10.1. The summed E-state index contributed by atoms with van der Waals surface area (Å²) in [7, 11) is 1.90. The summed E-state index contributed by atoms with van der Waals surface area (Å²) < 4.78 is 5.82. The van der Waals surface area contributed by atoms with Crippen LogP contribution in [0.25, 0.3) is 0 Å². The van der Waals surface area contributed by atoms with E-state index in [-0.39, 0.29) is 23.9 Å². The first-order chi connectivity index (χ1) is 13.5. The van der Waals surface area contributed by atoms with Crippen molar-refractivity contribution in [3.8, 4) is 5.75 Å². The SMILES string of the molecule is CCC(=O)NC1CC(C(=O)Nc2cccc(OCc3ccccc3)c2)N(C)C1. The molecule has 2 atom stereocenters. The van der Waals surface area contributed by atoms with Gasteiger partial charge >= 0.3 is 0 Å². The van der Waals surface area contributed by atoms with Gasteiger partial charge in [-0.05, 0) is 31.2 Å². The van der Waals surface area contributed by atoms with Gasteiger partial charge in [-0.25, -0.2) is 0 Å². The monoisotopic (exact) mass is 381 g/mol. The number of likely N-dealkylation sites (N-methyl/N-ethyl adjacent to an activating group) is 1. The van der Waals surface area contributed by atoms with Crippen molar-refractivity contribution in [2.24, 2.45) is 0 Å². The highest BCUT2D eigenvalue weighted by molar-refractivity contribution is 5.95. The molecule has 6 nitrogen and oxygen atoms in total. The van der Waals surface area contributed by atoms with Crippen LogP contribution >= 0.6 is 0 Å². The van der Waals surface area contributed by atoms with Gasteiger partial charge in [0.15, 0.2) is 0 Å². The maximum absolute atomic E-state index is 12.7. The number of nitrogens with one attached hydrogen (secondary N) is 2. The largest absolute Gasteiger partial charge is 0.489 e. The molecule has 0 spiro atoms. The summed E-state index contributed by atoms with van der Waals surface area (Å²) in [5, 5.41) is 5.94. The summed E-state index contributed by atoms with van der Waals surface area (Å²) >= 11 is 0. The van der Waals surface area contributed by atoms with E-state index in [0.29, 0.717) is 37.4 Å². The number of nitrogens with zero attached hydrogens (tertiary/aromatic N) is 1. The molecule has 1 heterocycles. The topological polar surface area (TPSA) is 70.7 Å². The minimum atomic E-state index is -0.268. The molecule has 148 valence electrons. The molecule has 1 fully saturated rings. The van der Waals surface area contributed by atoms with Gasteiger partial charge in [0.2, 0.25) is 11.8 Å². The molecule has 0 aliphatic carbocycles. The van der Waals surface area contributed by atoms with Gasteiger partial charge in [-0.15, -0.1) is 0 Å². The minimum absolute atomic E-state index is 0.00809. The zero-order chi connectivity index (χ0) is 19.9. The summed E-state index contributed by atoms with van der Waals surface area (Å²) in [4.78, 5) is 26.3. The highest BCUT2D eigenvalue weighted by Crippen LogP contribution is 2.21. The van der Waals surface area contributed by atoms with Crippen LogP contribution in [-0.4, -0.2) is 42.4 Å². The smallest absolute Gasteiger partial charge is 0.241 e. The average Bonchev–Trinajstić information content (AvgIpc) is 3.07. The molecule has 1 aliphatic rings. The Morgan fingerprint density at radius 1 is 1.14 bits per heavy atom. The van der Waals surface area contributed by atoms with E-state index in [9.17, 15) is 9.59 Å². The second-order valence-corrected chi connectivity index (χ2v) is 7.10. The Morgan fingerprint density at radius 3 is 2.68 bits per heavy atom. The lowest BCUT2D eigenvalue weighted by molar-refractivity contribution is -0.122. The van der Waals surface area contributed by atoms with E-state index in [1.807, 2.05) is 73.5 Å². The molecular weight excluding hydrogens is 354 g/mol. The van der Waals surface area contributed by atoms with Gasteiger partial charge in [-0.3, -0.25) is 14.5 Å². The first kappa shape index (κ1) is 19.9. The van der Waals surface area contributed by atoms with Crippen molar-refractivity contribution in [1.29, 1.82) is 0 Å². The number of hydrogen-bond acceptors (Lipinski definition) is 4. The summed E-state index contributed by atoms with van der Waals surface area (Å²) in [6, 6.07) is 17.1. The summed E-state index contributed by atoms with van der Waals surface area (Å²) in [6.07, 6.45) is 1.06. The Kier molecular flexibility index (Phi) is 6.66. The van der Waals surface area contributed by atoms with Crippen molar-refractivity contribution in [3.05, 3.63) is 60.2 Å². The predicted molar refractivity (Wildman–Crippen MR) is 109 cm³/mol. The minimum Gasteiger partial charge on any atom is -0.489 e. The molecule has 0 aromatic heterocycles. The van der Waals surface area contributed by atoms with Crippen LogP contribution in [0.15, 0.2) is 54.6 Å². The van der Waals surface area contributed by atoms with Crippen molar-refractivity contribution in [1.82, 2.24) is 10.2 Å². The lowest BCUT2D eigenvalue weighted by Gasteiger charge is -2.18. The van der Waals surface area contributed by atoms with E-state index in [1.54, 1.807) is 0 Å². The van der Waals surface area contributed by atoms with E-state index in [0.717, 1.165) is 5.56 Å². The number of benzene rings is 2. The van der Waals surface area contributed by atoms with Gasteiger partial charge in [0, 0.05) is 30.8 Å². The number of carbonyl (C=O) groups excluding carboxylic acids is 2. The van der Waals surface area contributed by atoms with E-state index in [2.05, 4.69) is 10.6 Å². The Hall–Kier alpha value is -2.86. The fourth-order valence-corrected chi connectivity index (χ4v) is 3.37. The van der Waals surface area contributed by atoms with Gasteiger partial charge in [0.1, 0.15) is 12.4 Å². The van der Waals surface area contributed by atoms with Crippen molar-refractivity contribution >= 4 is 17.5 Å². The molecule has 0 radical (unpaired) electrons. The molecule has 2 N–H and O–H groups in total. The van der Waals surface area contributed by atoms with Crippen LogP contribution in [0.2, 0.25) is 0 Å². The maximum atomic E-state index is 12.7. The Labute approximate surface area is 165 Å². The van der Waals surface area contributed by atoms with E-state index < -0.39 is 0 Å². The van der Waals surface area contributed by atoms with E-state index in [4.69, 9.17) is 4.74 Å². The van der Waals surface area contributed by atoms with E-state index >= 15 is 0 Å². The predicted octanol–water partition coefficient (Wildman–Crippen LogP) is 2.80. The van der Waals surface area contributed by atoms with Crippen LogP contribution in [0, 0.1) is 0 Å². The van der Waals surface area contributed by atoms with Crippen molar-refractivity contribution < 1.29 is 14.3 Å². The standard InChI is InChI=1S/C22H27N3O3/c1-3-21(26)23-18-13-20(25(2)14-18)22(27)24-17-10-7-11-19(12-17)28-15-16-8-5-4-6-9-16/h4-12,18,20H,3,13-15H2,1-2H3,(H,23,26)(H,24,27). The summed E-state index contributed by atoms with van der Waals surface area (Å²) in [6.45, 7) is 2.97. The number of amides is 2. The van der Waals surface area contributed by atoms with Gasteiger partial charge in [-0.1, -0.05) is 43.3 Å². The van der Waals surface area contributed by atoms with Gasteiger partial charge in [0.25, 0.3) is 0 Å². The lowest BCUT2D eigenvalue weighted by Crippen LogP contribution is -2.37. The average molecular weight is 381 g/mol. The molecule has 0 saturated carbocycles. The molecule has 6 heteroatoms. The number of ether oxygens (including phenoxy) is 1. The Balaban J connectivity index is 1.56. The van der Waals surface area contributed by atoms with Crippen molar-refractivity contribution in [2.75, 3.05) is 18.9 Å². The first-order valence-corrected chi connectivity index (χ1v) is 9.62. The normalized spacial score (nSPS) is 19.2. The van der Waals surface area contributed by atoms with Crippen LogP contribution in [-0.2, 0) is 16.2 Å². The molecule has 3 rings (SSSR count). The molecule has 28 heavy (non-hydrogen) atoms. The fraction of sp³-hybridized carbons (Fsp3) is 0.364. The zero-order valence-electron chi connectivity index (χ0n) is 16.4. The maximum Gasteiger partial charge on any atom is 0.241 e. The third kappa shape index (κ3) is 5.33. The van der Waals surface area contributed by atoms with Crippen molar-refractivity contribution in [3.63, 3.8) is 0 Å². The summed E-state index contributed by atoms with van der Waals surface area (Å²) in [5.41, 5.74) is 1.79. The zero-order valence-corrected chi connectivity index (χ0v) is 16.4. The van der Waals surface area contributed by atoms with Crippen LogP contribution in [0.4, 0.5) is 5.69 Å². The molecule has 2 aromatic rings. The van der Waals surface area contributed by atoms with Crippen LogP contribution in [0.3, 0.4) is 0 Å². The van der Waals surface area contributed by atoms with Crippen LogP contribution < -0.4 is 15.4 Å². The number of carbonyl (C=O) groups is 2. The second-order valence-electron chi connectivity index (χ2n) is 7.10. The molecule has 0 bridgehead atoms. The molecular formula is C22H27N3O3. The van der Waals surface area contributed by atoms with Crippen LogP contribution in [0.1, 0.15) is 25.3 Å². The van der Waals surface area contributed by atoms with Crippen molar-refractivity contribution in [2.45, 2.75) is 38.5 Å². The van der Waals surface area contributed by atoms with Gasteiger partial charge in [0.05, 0.1) is 6.04 Å². The first-order valence-electron chi connectivity index (χ1n) is 9.62. The fourth-order valence-electron chi connectivity index (χ4n) is 3.37. The third-order valence-corrected chi connectivity index (χ3v) is 4.89. The Bertz CT molecular complexity index is 810. The third-order valence-electron chi connectivity index (χ3n) is 4.89. The Morgan fingerprint density at radius 2 is 1.93 bits per heavy atom. The summed E-state index contributed by atoms with van der Waals surface area (Å²) in [5.74, 6) is 0.646. The highest BCUT2D eigenvalue weighted by Gasteiger charge is 2.35.